The van der Waals surface area contributed by atoms with E-state index < -0.39 is 0 Å². The van der Waals surface area contributed by atoms with Crippen LogP contribution in [-0.2, 0) is 25.3 Å². The van der Waals surface area contributed by atoms with Crippen molar-refractivity contribution in [3.8, 4) is 0 Å². The molecule has 0 heterocycles. The van der Waals surface area contributed by atoms with Crippen molar-refractivity contribution in [1.29, 1.82) is 0 Å². The zero-order valence-electron chi connectivity index (χ0n) is 6.37. The highest BCUT2D eigenvalue weighted by molar-refractivity contribution is 8.05. The van der Waals surface area contributed by atoms with Crippen molar-refractivity contribution in [2.75, 3.05) is 0 Å². The van der Waals surface area contributed by atoms with Gasteiger partial charge in [-0.25, -0.2) is 4.38 Å². The van der Waals surface area contributed by atoms with Crippen LogP contribution < -0.4 is 0 Å². The first-order chi connectivity index (χ1) is 5.59. The van der Waals surface area contributed by atoms with Gasteiger partial charge in [-0.1, -0.05) is 17.7 Å². The van der Waals surface area contributed by atoms with Crippen LogP contribution in [0.25, 0.3) is 0 Å². The summed E-state index contributed by atoms with van der Waals surface area (Å²) >= 11 is 15.2. The van der Waals surface area contributed by atoms with E-state index in [0.29, 0.717) is 10.7 Å². The molecule has 1 aromatic carbocycles. The van der Waals surface area contributed by atoms with Crippen molar-refractivity contribution in [1.82, 2.24) is 0 Å². The molecule has 1 aromatic rings. The monoisotopic (exact) mass is 215 g/mol. The molecule has 0 aliphatic carbocycles. The van der Waals surface area contributed by atoms with Gasteiger partial charge >= 0.3 is 0 Å². The third-order valence-electron chi connectivity index (χ3n) is 1.31. The topological polar surface area (TPSA) is 12.4 Å². The summed E-state index contributed by atoms with van der Waals surface area (Å²) in [6.07, 6.45) is 0. The molecule has 0 unspecified atom stereocenters. The van der Waals surface area contributed by atoms with Crippen LogP contribution in [0.4, 0.5) is 5.69 Å². The molecule has 4 heteroatoms. The van der Waals surface area contributed by atoms with Crippen LogP contribution in [0.3, 0.4) is 0 Å². The zero-order valence-corrected chi connectivity index (χ0v) is 8.76. The molecule has 0 atom stereocenters. The van der Waals surface area contributed by atoms with E-state index in [1.54, 1.807) is 6.07 Å². The van der Waals surface area contributed by atoms with Gasteiger partial charge in [0.2, 0.25) is 0 Å². The summed E-state index contributed by atoms with van der Waals surface area (Å²) < 4.78 is 0.181. The summed E-state index contributed by atoms with van der Waals surface area (Å²) in [5.41, 5.74) is 1.73. The van der Waals surface area contributed by atoms with E-state index in [-0.39, 0.29) is 4.38 Å². The number of rotatable bonds is 1. The smallest absolute Gasteiger partial charge is 0.0773 e. The molecule has 0 bridgehead atoms. The highest BCUT2D eigenvalue weighted by atomic mass is 35.5. The molecule has 0 N–H and O–H groups in total. The van der Waals surface area contributed by atoms with Gasteiger partial charge in [-0.3, -0.25) is 0 Å². The van der Waals surface area contributed by atoms with Crippen LogP contribution >= 0.6 is 11.6 Å². The predicted octanol–water partition coefficient (Wildman–Crippen LogP) is 2.73. The Morgan fingerprint density at radius 2 is 2.08 bits per heavy atom. The number of benzene rings is 1. The molecule has 12 heavy (non-hydrogen) atoms. The van der Waals surface area contributed by atoms with Crippen molar-refractivity contribution in [3.63, 3.8) is 0 Å². The first kappa shape index (κ1) is 9.71. The number of hydrogen-bond donors (Lipinski definition) is 0. The number of halogens is 1. The van der Waals surface area contributed by atoms with Gasteiger partial charge in [-0.15, -0.1) is 0 Å². The number of aliphatic imine (C=N–C) groups is 1. The van der Waals surface area contributed by atoms with Crippen molar-refractivity contribution in [2.24, 2.45) is 4.99 Å². The molecular weight excluding hydrogens is 210 g/mol. The van der Waals surface area contributed by atoms with Crippen LogP contribution in [0.15, 0.2) is 23.2 Å². The lowest BCUT2D eigenvalue weighted by Crippen LogP contribution is -1.82. The Kier molecular flexibility index (Phi) is 3.26. The predicted molar refractivity (Wildman–Crippen MR) is 58.0 cm³/mol. The van der Waals surface area contributed by atoms with Crippen LogP contribution in [0, 0.1) is 6.92 Å². The van der Waals surface area contributed by atoms with E-state index >= 15 is 0 Å². The molecule has 1 nitrogen and oxygen atoms in total. The van der Waals surface area contributed by atoms with Gasteiger partial charge in [0, 0.05) is 0 Å². The van der Waals surface area contributed by atoms with Crippen molar-refractivity contribution in [2.45, 2.75) is 6.92 Å². The maximum absolute atomic E-state index is 5.87. The largest absolute Gasteiger partial charge is 0.788 e. The molecule has 0 radical (unpaired) electrons. The number of hydrogen-bond acceptors (Lipinski definition) is 3. The molecule has 0 saturated carbocycles. The molecule has 0 aliphatic heterocycles. The van der Waals surface area contributed by atoms with Crippen LogP contribution in [0.5, 0.6) is 0 Å². The SMILES string of the molecule is Cc1ccc(N=C([S-])[S-])c(Cl)c1. The van der Waals surface area contributed by atoms with Crippen molar-refractivity contribution >= 4 is 46.9 Å². The summed E-state index contributed by atoms with van der Waals surface area (Å²) in [4.78, 5) is 3.91. The lowest BCUT2D eigenvalue weighted by atomic mass is 10.2. The van der Waals surface area contributed by atoms with Crippen molar-refractivity contribution in [3.05, 3.63) is 28.8 Å². The van der Waals surface area contributed by atoms with E-state index in [9.17, 15) is 0 Å². The second kappa shape index (κ2) is 4.03. The minimum Gasteiger partial charge on any atom is -0.788 e. The molecule has 0 saturated heterocycles. The Morgan fingerprint density at radius 3 is 2.58 bits per heavy atom. The molecule has 0 amide bonds. The summed E-state index contributed by atoms with van der Waals surface area (Å²) in [6.45, 7) is 1.96. The van der Waals surface area contributed by atoms with Gasteiger partial charge < -0.3 is 30.2 Å². The molecule has 0 fully saturated rings. The van der Waals surface area contributed by atoms with Crippen LogP contribution in [-0.4, -0.2) is 4.38 Å². The molecule has 1 rings (SSSR count). The van der Waals surface area contributed by atoms with Gasteiger partial charge in [-0.2, -0.15) is 0 Å². The third-order valence-corrected chi connectivity index (χ3v) is 1.80. The van der Waals surface area contributed by atoms with E-state index in [0.717, 1.165) is 5.56 Å². The fourth-order valence-corrected chi connectivity index (χ4v) is 1.28. The highest BCUT2D eigenvalue weighted by Gasteiger charge is 1.95. The van der Waals surface area contributed by atoms with Gasteiger partial charge in [0.15, 0.2) is 0 Å². The van der Waals surface area contributed by atoms with E-state index in [4.69, 9.17) is 11.6 Å². The summed E-state index contributed by atoms with van der Waals surface area (Å²) in [5, 5.41) is 0.585. The first-order valence-corrected chi connectivity index (χ1v) is 4.48. The van der Waals surface area contributed by atoms with E-state index in [1.807, 2.05) is 19.1 Å². The summed E-state index contributed by atoms with van der Waals surface area (Å²) in [5.74, 6) is 0. The minimum absolute atomic E-state index is 0.181. The van der Waals surface area contributed by atoms with Crippen molar-refractivity contribution < 1.29 is 0 Å². The number of nitrogens with zero attached hydrogens (tertiary/aromatic N) is 1. The fraction of sp³-hybridized carbons (Fsp3) is 0.125. The Hall–Kier alpha value is -0.380. The normalized spacial score (nSPS) is 9.50. The highest BCUT2D eigenvalue weighted by Crippen LogP contribution is 2.25. The van der Waals surface area contributed by atoms with Gasteiger partial charge in [0.05, 0.1) is 10.7 Å². The Balaban J connectivity index is 3.10. The Morgan fingerprint density at radius 1 is 1.42 bits per heavy atom. The lowest BCUT2D eigenvalue weighted by molar-refractivity contribution is 1.44. The molecule has 0 aliphatic rings. The Labute approximate surface area is 87.7 Å². The molecule has 64 valence electrons. The fourth-order valence-electron chi connectivity index (χ4n) is 0.801. The summed E-state index contributed by atoms with van der Waals surface area (Å²) in [6, 6.07) is 5.54. The third kappa shape index (κ3) is 2.59. The number of aryl methyl sites for hydroxylation is 1. The van der Waals surface area contributed by atoms with Gasteiger partial charge in [0.25, 0.3) is 0 Å². The molecule has 0 spiro atoms. The minimum atomic E-state index is 0.181. The van der Waals surface area contributed by atoms with E-state index in [2.05, 4.69) is 30.2 Å². The first-order valence-electron chi connectivity index (χ1n) is 3.28. The maximum Gasteiger partial charge on any atom is 0.0773 e. The van der Waals surface area contributed by atoms with Gasteiger partial charge in [0.1, 0.15) is 0 Å². The van der Waals surface area contributed by atoms with Gasteiger partial charge in [-0.05, 0) is 24.6 Å². The average molecular weight is 216 g/mol. The standard InChI is InChI=1S/C8H8ClNS2/c1-5-2-3-7(6(9)4-5)10-8(11)12/h2-4H,1H3,(H2,10,11,12)/p-2. The lowest BCUT2D eigenvalue weighted by Gasteiger charge is -2.16. The average Bonchev–Trinajstić information content (AvgIpc) is 1.94. The molecule has 0 aromatic heterocycles. The Bertz CT molecular complexity index is 319. The molecular formula is C8H6ClNS2-2. The van der Waals surface area contributed by atoms with Crippen LogP contribution in [0.1, 0.15) is 5.56 Å². The second-order valence-corrected chi connectivity index (χ2v) is 3.77. The second-order valence-electron chi connectivity index (χ2n) is 2.33. The van der Waals surface area contributed by atoms with Crippen LogP contribution in [0.2, 0.25) is 5.02 Å². The van der Waals surface area contributed by atoms with E-state index in [1.165, 1.54) is 0 Å². The quantitative estimate of drug-likeness (QED) is 0.406. The zero-order chi connectivity index (χ0) is 9.14. The summed E-state index contributed by atoms with van der Waals surface area (Å²) in [7, 11) is 0. The maximum atomic E-state index is 5.87.